The lowest BCUT2D eigenvalue weighted by Gasteiger charge is -2.21. The fourth-order valence-corrected chi connectivity index (χ4v) is 11.8. The van der Waals surface area contributed by atoms with Gasteiger partial charge in [-0.3, -0.25) is 37.3 Å². The number of carbonyl (C=O) groups is 4. The number of unbranched alkanes of at least 4 members (excludes halogenated alkanes) is 19. The van der Waals surface area contributed by atoms with Gasteiger partial charge in [0.25, 0.3) is 0 Å². The molecular weight excluding hydrogens is 1400 g/mol. The van der Waals surface area contributed by atoms with Crippen LogP contribution in [-0.4, -0.2) is 96.7 Å². The van der Waals surface area contributed by atoms with Crippen LogP contribution in [0.2, 0.25) is 0 Å². The highest BCUT2D eigenvalue weighted by Crippen LogP contribution is 2.45. The molecule has 0 radical (unpaired) electrons. The summed E-state index contributed by atoms with van der Waals surface area (Å²) in [4.78, 5) is 73.1. The van der Waals surface area contributed by atoms with Gasteiger partial charge in [-0.2, -0.15) is 0 Å². The van der Waals surface area contributed by atoms with Crippen molar-refractivity contribution in [2.45, 2.75) is 316 Å². The van der Waals surface area contributed by atoms with Crippen molar-refractivity contribution in [2.24, 2.45) is 0 Å². The van der Waals surface area contributed by atoms with Crippen LogP contribution < -0.4 is 0 Å². The van der Waals surface area contributed by atoms with Crippen molar-refractivity contribution in [1.82, 2.24) is 0 Å². The SMILES string of the molecule is CC/C=C\C/C=C\C/C=C\C/C=C\C/C=C\C/C=C\CCC(=O)OCC(COP(=O)(O)OCC(O)COP(=O)(O)OCC(COC(=O)CCCCCCC/C=C\C/C=C\CCCCC)OC(=O)CCCCCCC/C=C\CCCCCCCC)OC(=O)CC/C=C\C/C=C\C/C=C\C/C=C\C/C=C\C/C=C\CC. The second-order valence-corrected chi connectivity index (χ2v) is 29.5. The maximum Gasteiger partial charge on any atom is 0.472 e. The number of phosphoric acid groups is 2. The molecule has 108 heavy (non-hydrogen) atoms. The third-order valence-electron chi connectivity index (χ3n) is 16.4. The molecule has 3 N–H and O–H groups in total. The summed E-state index contributed by atoms with van der Waals surface area (Å²) in [6.45, 7) is 4.41. The van der Waals surface area contributed by atoms with Gasteiger partial charge in [0.2, 0.25) is 0 Å². The molecule has 0 aromatic heterocycles. The fourth-order valence-electron chi connectivity index (χ4n) is 10.2. The highest BCUT2D eigenvalue weighted by Gasteiger charge is 2.30. The van der Waals surface area contributed by atoms with Crippen LogP contribution in [0.25, 0.3) is 0 Å². The van der Waals surface area contributed by atoms with Crippen LogP contribution >= 0.6 is 15.6 Å². The Morgan fingerprint density at radius 3 is 0.843 bits per heavy atom. The summed E-state index contributed by atoms with van der Waals surface area (Å²) in [6, 6.07) is 0. The number of carbonyl (C=O) groups excluding carboxylic acids is 4. The number of hydrogen-bond acceptors (Lipinski definition) is 15. The first kappa shape index (κ1) is 102. The Bertz CT molecular complexity index is 2760. The molecule has 0 amide bonds. The topological polar surface area (TPSA) is 237 Å². The molecular formula is C89H144O17P2. The van der Waals surface area contributed by atoms with Crippen LogP contribution in [0.1, 0.15) is 297 Å². The number of hydrogen-bond donors (Lipinski definition) is 3. The summed E-state index contributed by atoms with van der Waals surface area (Å²) < 4.78 is 68.5. The van der Waals surface area contributed by atoms with Gasteiger partial charge >= 0.3 is 39.5 Å². The third kappa shape index (κ3) is 78.3. The largest absolute Gasteiger partial charge is 0.472 e. The Morgan fingerprint density at radius 1 is 0.269 bits per heavy atom. The molecule has 0 heterocycles. The van der Waals surface area contributed by atoms with Crippen molar-refractivity contribution >= 4 is 39.5 Å². The van der Waals surface area contributed by atoms with Crippen LogP contribution in [0.3, 0.4) is 0 Å². The van der Waals surface area contributed by atoms with Crippen LogP contribution in [0.5, 0.6) is 0 Å². The van der Waals surface area contributed by atoms with Gasteiger partial charge in [0.1, 0.15) is 19.3 Å². The molecule has 0 rings (SSSR count). The van der Waals surface area contributed by atoms with Crippen molar-refractivity contribution in [2.75, 3.05) is 39.6 Å². The van der Waals surface area contributed by atoms with E-state index in [1.54, 1.807) is 0 Å². The summed E-state index contributed by atoms with van der Waals surface area (Å²) >= 11 is 0. The zero-order valence-electron chi connectivity index (χ0n) is 66.9. The van der Waals surface area contributed by atoms with Crippen molar-refractivity contribution in [3.63, 3.8) is 0 Å². The normalized spacial score (nSPS) is 14.8. The Morgan fingerprint density at radius 2 is 0.500 bits per heavy atom. The zero-order valence-corrected chi connectivity index (χ0v) is 68.7. The molecule has 5 unspecified atom stereocenters. The third-order valence-corrected chi connectivity index (χ3v) is 18.3. The Kier molecular flexibility index (Phi) is 75.0. The van der Waals surface area contributed by atoms with E-state index in [4.69, 9.17) is 37.0 Å². The van der Waals surface area contributed by atoms with Crippen molar-refractivity contribution in [3.8, 4) is 0 Å². The van der Waals surface area contributed by atoms with E-state index >= 15 is 0 Å². The van der Waals surface area contributed by atoms with E-state index in [1.807, 2.05) is 36.5 Å². The second kappa shape index (κ2) is 79.3. The maximum atomic E-state index is 13.1. The fraction of sp³-hybridized carbons (Fsp3) is 0.618. The van der Waals surface area contributed by atoms with Gasteiger partial charge in [0.05, 0.1) is 26.4 Å². The van der Waals surface area contributed by atoms with Crippen molar-refractivity contribution in [3.05, 3.63) is 182 Å². The van der Waals surface area contributed by atoms with Gasteiger partial charge in [-0.05, 0) is 161 Å². The predicted molar refractivity (Wildman–Crippen MR) is 445 cm³/mol. The molecule has 612 valence electrons. The molecule has 0 aliphatic rings. The molecule has 0 saturated heterocycles. The van der Waals surface area contributed by atoms with Crippen LogP contribution in [0.4, 0.5) is 0 Å². The predicted octanol–water partition coefficient (Wildman–Crippen LogP) is 24.3. The highest BCUT2D eigenvalue weighted by molar-refractivity contribution is 7.47. The van der Waals surface area contributed by atoms with E-state index in [0.29, 0.717) is 38.5 Å². The molecule has 0 bridgehead atoms. The van der Waals surface area contributed by atoms with E-state index in [1.165, 1.54) is 57.8 Å². The van der Waals surface area contributed by atoms with Crippen molar-refractivity contribution < 1.29 is 80.2 Å². The van der Waals surface area contributed by atoms with Gasteiger partial charge in [-0.1, -0.05) is 293 Å². The second-order valence-electron chi connectivity index (χ2n) is 26.6. The first-order chi connectivity index (χ1) is 52.7. The van der Waals surface area contributed by atoms with Gasteiger partial charge in [-0.15, -0.1) is 0 Å². The molecule has 0 aliphatic carbocycles. The minimum atomic E-state index is -5.03. The average molecular weight is 1550 g/mol. The summed E-state index contributed by atoms with van der Waals surface area (Å²) in [5.74, 6) is -2.41. The molecule has 5 atom stereocenters. The summed E-state index contributed by atoms with van der Waals surface area (Å²) in [7, 11) is -10.0. The van der Waals surface area contributed by atoms with Crippen LogP contribution in [-0.2, 0) is 65.4 Å². The number of allylic oxidation sites excluding steroid dienone is 30. The summed E-state index contributed by atoms with van der Waals surface area (Å²) in [5.41, 5.74) is 0. The molecule has 0 aliphatic heterocycles. The number of aliphatic hydroxyl groups is 1. The number of phosphoric ester groups is 2. The monoisotopic (exact) mass is 1550 g/mol. The smallest absolute Gasteiger partial charge is 0.462 e. The Balaban J connectivity index is 5.55. The van der Waals surface area contributed by atoms with Crippen LogP contribution in [0.15, 0.2) is 182 Å². The summed E-state index contributed by atoms with van der Waals surface area (Å²) in [6.07, 6.45) is 96.1. The molecule has 0 spiro atoms. The molecule has 19 heteroatoms. The van der Waals surface area contributed by atoms with E-state index in [2.05, 4.69) is 174 Å². The number of ether oxygens (including phenoxy) is 4. The lowest BCUT2D eigenvalue weighted by atomic mass is 10.1. The minimum Gasteiger partial charge on any atom is -0.462 e. The average Bonchev–Trinajstić information content (AvgIpc) is 0.896. The molecule has 0 aromatic carbocycles. The van der Waals surface area contributed by atoms with Crippen molar-refractivity contribution in [1.29, 1.82) is 0 Å². The molecule has 0 fully saturated rings. The zero-order chi connectivity index (χ0) is 78.9. The Labute approximate surface area is 654 Å². The number of rotatable bonds is 75. The van der Waals surface area contributed by atoms with E-state index in [9.17, 15) is 43.2 Å². The van der Waals surface area contributed by atoms with E-state index in [0.717, 1.165) is 148 Å². The quantitative estimate of drug-likeness (QED) is 0.0169. The summed E-state index contributed by atoms with van der Waals surface area (Å²) in [5, 5.41) is 10.7. The maximum absolute atomic E-state index is 13.1. The van der Waals surface area contributed by atoms with Gasteiger partial charge in [-0.25, -0.2) is 9.13 Å². The number of esters is 4. The molecule has 17 nitrogen and oxygen atoms in total. The lowest BCUT2D eigenvalue weighted by molar-refractivity contribution is -0.161. The van der Waals surface area contributed by atoms with E-state index < -0.39 is 97.5 Å². The van der Waals surface area contributed by atoms with Gasteiger partial charge in [0.15, 0.2) is 12.2 Å². The molecule has 0 saturated carbocycles. The van der Waals surface area contributed by atoms with Gasteiger partial charge < -0.3 is 33.8 Å². The first-order valence-corrected chi connectivity index (χ1v) is 44.0. The number of aliphatic hydroxyl groups excluding tert-OH is 1. The standard InChI is InChI=1S/C89H144O17P2/c1-5-9-13-17-21-25-29-33-37-39-41-43-47-50-54-58-62-66-70-74-87(92)100-80-85(106-89(94)76-72-68-64-60-56-52-48-44-42-40-38-34-30-26-22-18-14-10-6-2)82-104-108(97,98)102-78-83(90)77-101-107(95,96)103-81-84(105-88(93)75-71-67-63-59-55-51-46-36-32-28-24-20-16-12-8-4)79-99-86(91)73-69-65-61-57-53-49-45-35-31-27-23-19-15-11-7-3/h9-10,13-14,21-23,25-27,33-38,41-46,50,52,54,56,62,64,66,68,83-85,90H,5-8,11-12,15-20,24,28-32,39-40,47-49,51,53,55,57-61,63,65,67,69-82H2,1-4H3,(H,95,96)(H,97,98)/b13-9-,14-10-,25-21-,26-22-,27-23-,37-33-,38-34-,43-41-,44-42-,45-35-,46-36-,54-50-,56-52-,66-62-,68-64-. The highest BCUT2D eigenvalue weighted by atomic mass is 31.2. The first-order valence-electron chi connectivity index (χ1n) is 41.0. The minimum absolute atomic E-state index is 0.0128. The van der Waals surface area contributed by atoms with Gasteiger partial charge in [0, 0.05) is 25.7 Å². The van der Waals surface area contributed by atoms with Crippen LogP contribution in [0, 0.1) is 0 Å². The van der Waals surface area contributed by atoms with E-state index in [-0.39, 0.29) is 25.7 Å². The Hall–Kier alpha value is -5.84. The molecule has 0 aromatic rings. The lowest BCUT2D eigenvalue weighted by Crippen LogP contribution is -2.30.